The second-order valence-electron chi connectivity index (χ2n) is 5.61. The van der Waals surface area contributed by atoms with E-state index in [1.54, 1.807) is 6.08 Å². The van der Waals surface area contributed by atoms with Gasteiger partial charge in [0.05, 0.1) is 4.90 Å². The van der Waals surface area contributed by atoms with Gasteiger partial charge in [-0.2, -0.15) is 0 Å². The summed E-state index contributed by atoms with van der Waals surface area (Å²) in [6.45, 7) is 0.301. The zero-order valence-corrected chi connectivity index (χ0v) is 13.6. The molecule has 4 nitrogen and oxygen atoms in total. The number of likely N-dealkylation sites (tertiary alicyclic amines) is 1. The van der Waals surface area contributed by atoms with Crippen LogP contribution in [0.5, 0.6) is 0 Å². The van der Waals surface area contributed by atoms with Crippen molar-refractivity contribution >= 4 is 21.8 Å². The van der Waals surface area contributed by atoms with Gasteiger partial charge in [0, 0.05) is 19.2 Å². The molecule has 1 heterocycles. The van der Waals surface area contributed by atoms with E-state index in [2.05, 4.69) is 0 Å². The molecule has 1 fully saturated rings. The van der Waals surface area contributed by atoms with E-state index in [0.717, 1.165) is 17.7 Å². The van der Waals surface area contributed by atoms with E-state index in [0.29, 0.717) is 0 Å². The van der Waals surface area contributed by atoms with Crippen LogP contribution < -0.4 is 0 Å². The van der Waals surface area contributed by atoms with Crippen molar-refractivity contribution < 1.29 is 17.6 Å². The highest BCUT2D eigenvalue weighted by molar-refractivity contribution is 7.92. The minimum atomic E-state index is -3.54. The first-order chi connectivity index (χ1) is 11.5. The minimum absolute atomic E-state index is 0.0841. The predicted octanol–water partition coefficient (Wildman–Crippen LogP) is 2.52. The fraction of sp³-hybridized carbons (Fsp3) is 0.167. The van der Waals surface area contributed by atoms with Crippen LogP contribution in [0.1, 0.15) is 5.56 Å². The lowest BCUT2D eigenvalue weighted by molar-refractivity contribution is -0.128. The average molecular weight is 345 g/mol. The largest absolute Gasteiger partial charge is 0.336 e. The monoisotopic (exact) mass is 345 g/mol. The Kier molecular flexibility index (Phi) is 4.49. The number of halogens is 1. The van der Waals surface area contributed by atoms with Crippen LogP contribution >= 0.6 is 0 Å². The molecule has 0 atom stereocenters. The van der Waals surface area contributed by atoms with E-state index >= 15 is 0 Å². The average Bonchev–Trinajstić information content (AvgIpc) is 2.52. The first-order valence-corrected chi connectivity index (χ1v) is 9.03. The molecule has 1 amide bonds. The first kappa shape index (κ1) is 16.4. The van der Waals surface area contributed by atoms with E-state index in [1.807, 2.05) is 30.3 Å². The number of sulfone groups is 1. The number of nitrogens with zero attached hydrogens (tertiary/aromatic N) is 1. The van der Waals surface area contributed by atoms with Gasteiger partial charge in [0.25, 0.3) is 0 Å². The molecule has 0 saturated carbocycles. The Labute approximate surface area is 140 Å². The molecule has 0 aliphatic carbocycles. The quantitative estimate of drug-likeness (QED) is 0.632. The molecular formula is C18H16FNO3S. The van der Waals surface area contributed by atoms with Crippen molar-refractivity contribution in [3.63, 3.8) is 0 Å². The van der Waals surface area contributed by atoms with E-state index in [-0.39, 0.29) is 23.9 Å². The molecule has 0 unspecified atom stereocenters. The van der Waals surface area contributed by atoms with Crippen LogP contribution in [-0.4, -0.2) is 37.6 Å². The highest BCUT2D eigenvalue weighted by atomic mass is 32.2. The van der Waals surface area contributed by atoms with Crippen LogP contribution in [0.4, 0.5) is 4.39 Å². The van der Waals surface area contributed by atoms with Gasteiger partial charge in [-0.05, 0) is 35.9 Å². The molecule has 0 bridgehead atoms. The summed E-state index contributed by atoms with van der Waals surface area (Å²) in [5.74, 6) is -0.699. The van der Waals surface area contributed by atoms with Gasteiger partial charge < -0.3 is 4.90 Å². The van der Waals surface area contributed by atoms with Gasteiger partial charge in [-0.25, -0.2) is 12.8 Å². The number of hydrogen-bond acceptors (Lipinski definition) is 3. The van der Waals surface area contributed by atoms with Crippen LogP contribution in [0.15, 0.2) is 65.6 Å². The maximum Gasteiger partial charge on any atom is 0.246 e. The molecule has 0 spiro atoms. The zero-order valence-electron chi connectivity index (χ0n) is 12.8. The van der Waals surface area contributed by atoms with Crippen molar-refractivity contribution in [3.05, 3.63) is 72.1 Å². The second-order valence-corrected chi connectivity index (χ2v) is 7.84. The summed E-state index contributed by atoms with van der Waals surface area (Å²) in [7, 11) is -3.54. The van der Waals surface area contributed by atoms with E-state index < -0.39 is 20.9 Å². The van der Waals surface area contributed by atoms with Crippen LogP contribution in [0.25, 0.3) is 6.08 Å². The summed E-state index contributed by atoms with van der Waals surface area (Å²) in [5, 5.41) is -0.642. The Hall–Kier alpha value is -2.47. The molecule has 1 saturated heterocycles. The molecule has 124 valence electrons. The van der Waals surface area contributed by atoms with Gasteiger partial charge >= 0.3 is 0 Å². The molecule has 2 aromatic rings. The van der Waals surface area contributed by atoms with Gasteiger partial charge in [0.1, 0.15) is 11.1 Å². The summed E-state index contributed by atoms with van der Waals surface area (Å²) in [4.78, 5) is 13.6. The fourth-order valence-electron chi connectivity index (χ4n) is 2.47. The Balaban J connectivity index is 1.61. The maximum absolute atomic E-state index is 12.9. The number of benzene rings is 2. The van der Waals surface area contributed by atoms with E-state index in [1.165, 1.54) is 23.1 Å². The number of carbonyl (C=O) groups is 1. The molecule has 1 aliphatic heterocycles. The molecule has 0 aromatic heterocycles. The lowest BCUT2D eigenvalue weighted by Crippen LogP contribution is -2.56. The molecule has 3 rings (SSSR count). The van der Waals surface area contributed by atoms with Crippen LogP contribution in [0.2, 0.25) is 0 Å². The van der Waals surface area contributed by atoms with Gasteiger partial charge in [-0.15, -0.1) is 0 Å². The molecular weight excluding hydrogens is 329 g/mol. The number of carbonyl (C=O) groups excluding carboxylic acids is 1. The van der Waals surface area contributed by atoms with Crippen LogP contribution in [-0.2, 0) is 14.6 Å². The van der Waals surface area contributed by atoms with E-state index in [9.17, 15) is 17.6 Å². The number of amides is 1. The smallest absolute Gasteiger partial charge is 0.246 e. The second kappa shape index (κ2) is 6.57. The SMILES string of the molecule is O=C(C=Cc1ccccc1)N1CC(S(=O)(=O)c2ccc(F)cc2)C1. The van der Waals surface area contributed by atoms with Crippen molar-refractivity contribution in [2.24, 2.45) is 0 Å². The Bertz CT molecular complexity index is 855. The van der Waals surface area contributed by atoms with E-state index in [4.69, 9.17) is 0 Å². The summed E-state index contributed by atoms with van der Waals surface area (Å²) in [6, 6.07) is 14.1. The van der Waals surface area contributed by atoms with Gasteiger partial charge in [0.15, 0.2) is 9.84 Å². The Morgan fingerprint density at radius 3 is 2.29 bits per heavy atom. The molecule has 6 heteroatoms. The van der Waals surface area contributed by atoms with Crippen molar-refractivity contribution in [2.45, 2.75) is 10.1 Å². The summed E-state index contributed by atoms with van der Waals surface area (Å²) in [6.07, 6.45) is 3.14. The molecule has 2 aromatic carbocycles. The van der Waals surface area contributed by atoms with Gasteiger partial charge in [-0.3, -0.25) is 4.79 Å². The van der Waals surface area contributed by atoms with Crippen molar-refractivity contribution in [2.75, 3.05) is 13.1 Å². The fourth-order valence-corrected chi connectivity index (χ4v) is 4.12. The zero-order chi connectivity index (χ0) is 17.2. The summed E-state index contributed by atoms with van der Waals surface area (Å²) >= 11 is 0. The number of hydrogen-bond donors (Lipinski definition) is 0. The molecule has 24 heavy (non-hydrogen) atoms. The van der Waals surface area contributed by atoms with Crippen molar-refractivity contribution in [1.29, 1.82) is 0 Å². The highest BCUT2D eigenvalue weighted by Gasteiger charge is 2.39. The third-order valence-electron chi connectivity index (χ3n) is 3.96. The first-order valence-electron chi connectivity index (χ1n) is 7.48. The van der Waals surface area contributed by atoms with Crippen molar-refractivity contribution in [3.8, 4) is 0 Å². The lowest BCUT2D eigenvalue weighted by atomic mass is 10.2. The van der Waals surface area contributed by atoms with Crippen LogP contribution in [0, 0.1) is 5.82 Å². The highest BCUT2D eigenvalue weighted by Crippen LogP contribution is 2.24. The van der Waals surface area contributed by atoms with Crippen molar-refractivity contribution in [1.82, 2.24) is 4.90 Å². The Morgan fingerprint density at radius 2 is 1.67 bits per heavy atom. The maximum atomic E-state index is 12.9. The third-order valence-corrected chi connectivity index (χ3v) is 6.06. The van der Waals surface area contributed by atoms with Gasteiger partial charge in [-0.1, -0.05) is 30.3 Å². The summed E-state index contributed by atoms with van der Waals surface area (Å²) in [5.41, 5.74) is 0.904. The van der Waals surface area contributed by atoms with Crippen LogP contribution in [0.3, 0.4) is 0 Å². The molecule has 0 radical (unpaired) electrons. The summed E-state index contributed by atoms with van der Waals surface area (Å²) < 4.78 is 37.7. The topological polar surface area (TPSA) is 54.5 Å². The number of rotatable bonds is 4. The minimum Gasteiger partial charge on any atom is -0.336 e. The predicted molar refractivity (Wildman–Crippen MR) is 89.4 cm³/mol. The Morgan fingerprint density at radius 1 is 1.04 bits per heavy atom. The third kappa shape index (κ3) is 3.38. The molecule has 1 aliphatic rings. The standard InChI is InChI=1S/C18H16FNO3S/c19-15-7-9-16(10-8-15)24(22,23)17-12-20(13-17)18(21)11-6-14-4-2-1-3-5-14/h1-11,17H,12-13H2. The normalized spacial score (nSPS) is 15.5. The molecule has 0 N–H and O–H groups in total. The van der Waals surface area contributed by atoms with Gasteiger partial charge in [0.2, 0.25) is 5.91 Å². The lowest BCUT2D eigenvalue weighted by Gasteiger charge is -2.38.